The van der Waals surface area contributed by atoms with E-state index in [-0.39, 0.29) is 5.69 Å². The van der Waals surface area contributed by atoms with E-state index in [1.54, 1.807) is 46.1 Å². The minimum absolute atomic E-state index is 0.0466. The lowest BCUT2D eigenvalue weighted by Crippen LogP contribution is -2.30. The molecule has 1 heterocycles. The Hall–Kier alpha value is -3.08. The molecular weight excluding hydrogens is 403 g/mol. The summed E-state index contributed by atoms with van der Waals surface area (Å²) < 4.78 is 43.9. The Labute approximate surface area is 171 Å². The fourth-order valence-electron chi connectivity index (χ4n) is 2.48. The Morgan fingerprint density at radius 2 is 1.83 bits per heavy atom. The van der Waals surface area contributed by atoms with Crippen molar-refractivity contribution in [3.05, 3.63) is 41.6 Å². The summed E-state index contributed by atoms with van der Waals surface area (Å²) in [5.74, 6) is -1.57. The van der Waals surface area contributed by atoms with E-state index >= 15 is 0 Å². The minimum Gasteiger partial charge on any atom is -0.444 e. The van der Waals surface area contributed by atoms with Crippen LogP contribution in [0.5, 0.6) is 0 Å². The van der Waals surface area contributed by atoms with Crippen LogP contribution >= 0.6 is 0 Å². The van der Waals surface area contributed by atoms with Gasteiger partial charge in [0.1, 0.15) is 11.4 Å². The number of hydrogen-bond acceptors (Lipinski definition) is 5. The van der Waals surface area contributed by atoms with E-state index in [0.717, 1.165) is 0 Å². The molecule has 2 amide bonds. The van der Waals surface area contributed by atoms with Gasteiger partial charge < -0.3 is 15.4 Å². The van der Waals surface area contributed by atoms with Gasteiger partial charge in [0.25, 0.3) is 0 Å². The number of hydrogen-bond donors (Lipinski definition) is 3. The van der Waals surface area contributed by atoms with Crippen molar-refractivity contribution in [2.45, 2.75) is 45.6 Å². The number of anilines is 2. The van der Waals surface area contributed by atoms with Gasteiger partial charge >= 0.3 is 18.2 Å². The number of carbonyl (C=O) groups excluding carboxylic acids is 2. The van der Waals surface area contributed by atoms with Crippen LogP contribution in [0.15, 0.2) is 30.5 Å². The van der Waals surface area contributed by atoms with Crippen LogP contribution in [-0.4, -0.2) is 33.6 Å². The summed E-state index contributed by atoms with van der Waals surface area (Å²) in [5.41, 5.74) is 0.767. The molecule has 11 heteroatoms. The molecule has 0 aliphatic heterocycles. The van der Waals surface area contributed by atoms with Gasteiger partial charge in [0.2, 0.25) is 0 Å². The van der Waals surface area contributed by atoms with Crippen molar-refractivity contribution in [2.75, 3.05) is 10.6 Å². The topological polar surface area (TPSA) is 97.3 Å². The molecule has 0 atom stereocenters. The average molecular weight is 427 g/mol. The normalized spacial score (nSPS) is 11.8. The van der Waals surface area contributed by atoms with E-state index in [2.05, 4.69) is 15.7 Å². The molecule has 30 heavy (non-hydrogen) atoms. The highest BCUT2D eigenvalue weighted by Crippen LogP contribution is 2.19. The van der Waals surface area contributed by atoms with Crippen molar-refractivity contribution in [1.82, 2.24) is 15.1 Å². The number of alkyl halides is 3. The Balaban J connectivity index is 1.96. The molecule has 0 aliphatic carbocycles. The van der Waals surface area contributed by atoms with E-state index in [1.807, 2.05) is 5.32 Å². The first-order valence-electron chi connectivity index (χ1n) is 9.04. The maximum atomic E-state index is 12.4. The minimum atomic E-state index is -4.95. The molecule has 0 spiro atoms. The standard InChI is InChI=1S/C19H24F3N5O3/c1-18(2,3)30-17(29)26-15-13(11-24-27(15)4)10-23-9-12-6-5-7-14(8-12)25-16(28)19(20,21)22/h5-8,11,23H,9-10H2,1-4H3,(H,25,28)(H,26,29). The molecule has 2 aromatic rings. The SMILES string of the molecule is Cn1ncc(CNCc2cccc(NC(=O)C(F)(F)F)c2)c1NC(=O)OC(C)(C)C. The molecule has 0 fully saturated rings. The molecular formula is C19H24F3N5O3. The average Bonchev–Trinajstić information content (AvgIpc) is 2.93. The highest BCUT2D eigenvalue weighted by molar-refractivity contribution is 5.94. The van der Waals surface area contributed by atoms with Crippen LogP contribution in [0.25, 0.3) is 0 Å². The number of nitrogens with one attached hydrogen (secondary N) is 3. The summed E-state index contributed by atoms with van der Waals surface area (Å²) in [7, 11) is 1.67. The molecule has 0 saturated carbocycles. The van der Waals surface area contributed by atoms with Gasteiger partial charge in [-0.25, -0.2) is 4.79 Å². The molecule has 3 N–H and O–H groups in total. The zero-order chi connectivity index (χ0) is 22.5. The largest absolute Gasteiger partial charge is 0.471 e. The van der Waals surface area contributed by atoms with Crippen molar-refractivity contribution in [3.8, 4) is 0 Å². The van der Waals surface area contributed by atoms with Crippen LogP contribution in [0.2, 0.25) is 0 Å². The Morgan fingerprint density at radius 1 is 1.13 bits per heavy atom. The van der Waals surface area contributed by atoms with Gasteiger partial charge in [-0.15, -0.1) is 0 Å². The number of halogens is 3. The van der Waals surface area contributed by atoms with Crippen LogP contribution in [0.1, 0.15) is 31.9 Å². The number of nitrogens with zero attached hydrogens (tertiary/aromatic N) is 2. The lowest BCUT2D eigenvalue weighted by atomic mass is 10.2. The lowest BCUT2D eigenvalue weighted by molar-refractivity contribution is -0.167. The van der Waals surface area contributed by atoms with Crippen LogP contribution in [0, 0.1) is 0 Å². The zero-order valence-electron chi connectivity index (χ0n) is 17.1. The van der Waals surface area contributed by atoms with Gasteiger partial charge in [-0.1, -0.05) is 12.1 Å². The highest BCUT2D eigenvalue weighted by atomic mass is 19.4. The molecule has 0 aliphatic rings. The first-order chi connectivity index (χ1) is 13.8. The quantitative estimate of drug-likeness (QED) is 0.655. The fraction of sp³-hybridized carbons (Fsp3) is 0.421. The summed E-state index contributed by atoms with van der Waals surface area (Å²) in [5, 5.41) is 11.7. The molecule has 1 aromatic heterocycles. The lowest BCUT2D eigenvalue weighted by Gasteiger charge is -2.20. The summed E-state index contributed by atoms with van der Waals surface area (Å²) in [6.07, 6.45) is -3.98. The highest BCUT2D eigenvalue weighted by Gasteiger charge is 2.38. The van der Waals surface area contributed by atoms with Gasteiger partial charge in [-0.3, -0.25) is 14.8 Å². The Morgan fingerprint density at radius 3 is 2.47 bits per heavy atom. The second kappa shape index (κ2) is 9.16. The molecule has 0 unspecified atom stereocenters. The van der Waals surface area contributed by atoms with E-state index in [1.165, 1.54) is 16.8 Å². The van der Waals surface area contributed by atoms with Crippen LogP contribution in [0.4, 0.5) is 29.5 Å². The number of benzene rings is 1. The predicted octanol–water partition coefficient (Wildman–Crippen LogP) is 3.56. The maximum Gasteiger partial charge on any atom is 0.471 e. The molecule has 2 rings (SSSR count). The number of ether oxygens (including phenoxy) is 1. The fourth-order valence-corrected chi connectivity index (χ4v) is 2.48. The van der Waals surface area contributed by atoms with Crippen LogP contribution in [0.3, 0.4) is 0 Å². The third-order valence-corrected chi connectivity index (χ3v) is 3.72. The number of carbonyl (C=O) groups is 2. The predicted molar refractivity (Wildman–Crippen MR) is 105 cm³/mol. The van der Waals surface area contributed by atoms with Crippen LogP contribution < -0.4 is 16.0 Å². The van der Waals surface area contributed by atoms with Gasteiger partial charge in [0, 0.05) is 31.4 Å². The number of amides is 2. The maximum absolute atomic E-state index is 12.4. The van der Waals surface area contributed by atoms with Crippen molar-refractivity contribution in [1.29, 1.82) is 0 Å². The number of aromatic nitrogens is 2. The molecule has 164 valence electrons. The monoisotopic (exact) mass is 427 g/mol. The second-order valence-electron chi connectivity index (χ2n) is 7.52. The van der Waals surface area contributed by atoms with E-state index < -0.39 is 23.8 Å². The second-order valence-corrected chi connectivity index (χ2v) is 7.52. The summed E-state index contributed by atoms with van der Waals surface area (Å²) in [6.45, 7) is 5.91. The summed E-state index contributed by atoms with van der Waals surface area (Å²) in [4.78, 5) is 23.1. The van der Waals surface area contributed by atoms with Crippen molar-refractivity contribution in [3.63, 3.8) is 0 Å². The van der Waals surface area contributed by atoms with Gasteiger partial charge in [-0.05, 0) is 38.5 Å². The van der Waals surface area contributed by atoms with E-state index in [9.17, 15) is 22.8 Å². The molecule has 1 aromatic carbocycles. The van der Waals surface area contributed by atoms with Crippen molar-refractivity contribution < 1.29 is 27.5 Å². The number of aryl methyl sites for hydroxylation is 1. The molecule has 0 radical (unpaired) electrons. The first-order valence-corrected chi connectivity index (χ1v) is 9.04. The van der Waals surface area contributed by atoms with Gasteiger partial charge in [0.05, 0.1) is 6.20 Å². The Bertz CT molecular complexity index is 904. The van der Waals surface area contributed by atoms with E-state index in [0.29, 0.717) is 30.0 Å². The third kappa shape index (κ3) is 7.07. The van der Waals surface area contributed by atoms with Crippen molar-refractivity contribution in [2.24, 2.45) is 7.05 Å². The zero-order valence-corrected chi connectivity index (χ0v) is 17.1. The van der Waals surface area contributed by atoms with Gasteiger partial charge in [0.15, 0.2) is 0 Å². The smallest absolute Gasteiger partial charge is 0.444 e. The van der Waals surface area contributed by atoms with Crippen LogP contribution in [-0.2, 0) is 29.7 Å². The molecule has 0 saturated heterocycles. The molecule has 0 bridgehead atoms. The van der Waals surface area contributed by atoms with Crippen molar-refractivity contribution >= 4 is 23.5 Å². The van der Waals surface area contributed by atoms with E-state index in [4.69, 9.17) is 4.74 Å². The first kappa shape index (κ1) is 23.2. The number of rotatable bonds is 6. The Kier molecular flexibility index (Phi) is 7.08. The summed E-state index contributed by atoms with van der Waals surface area (Å²) >= 11 is 0. The van der Waals surface area contributed by atoms with Gasteiger partial charge in [-0.2, -0.15) is 18.3 Å². The summed E-state index contributed by atoms with van der Waals surface area (Å²) in [6, 6.07) is 6.07. The third-order valence-electron chi connectivity index (χ3n) is 3.72. The molecule has 8 nitrogen and oxygen atoms in total.